The summed E-state index contributed by atoms with van der Waals surface area (Å²) in [5, 5.41) is 22.8. The van der Waals surface area contributed by atoms with E-state index in [9.17, 15) is 23.5 Å². The van der Waals surface area contributed by atoms with Crippen LogP contribution in [-0.4, -0.2) is 62.0 Å². The van der Waals surface area contributed by atoms with Gasteiger partial charge < -0.3 is 25.0 Å². The lowest BCUT2D eigenvalue weighted by atomic mass is 9.79. The van der Waals surface area contributed by atoms with Crippen molar-refractivity contribution in [3.8, 4) is 0 Å². The second-order valence-electron chi connectivity index (χ2n) is 10.5. The Balaban J connectivity index is 1.01. The van der Waals surface area contributed by atoms with Gasteiger partial charge in [-0.25, -0.2) is 18.6 Å². The van der Waals surface area contributed by atoms with Crippen molar-refractivity contribution in [1.29, 1.82) is 0 Å². The minimum Gasteiger partial charge on any atom is -0.480 e. The lowest BCUT2D eigenvalue weighted by Gasteiger charge is -2.35. The number of carboxylic acids is 1. The summed E-state index contributed by atoms with van der Waals surface area (Å²) < 4.78 is 33.4. The Morgan fingerprint density at radius 2 is 2.08 bits per heavy atom. The number of alkyl halides is 2. The molecule has 10 nitrogen and oxygen atoms in total. The van der Waals surface area contributed by atoms with Crippen LogP contribution in [0.4, 0.5) is 14.6 Å². The lowest BCUT2D eigenvalue weighted by Crippen LogP contribution is -2.46. The van der Waals surface area contributed by atoms with Crippen LogP contribution in [0.25, 0.3) is 0 Å². The van der Waals surface area contributed by atoms with Crippen LogP contribution in [0.5, 0.6) is 0 Å². The van der Waals surface area contributed by atoms with Gasteiger partial charge in [-0.05, 0) is 62.5 Å². The average Bonchev–Trinajstić information content (AvgIpc) is 3.32. The van der Waals surface area contributed by atoms with Crippen LogP contribution in [-0.2, 0) is 40.1 Å². The van der Waals surface area contributed by atoms with Crippen molar-refractivity contribution in [2.75, 3.05) is 18.5 Å². The maximum Gasteiger partial charge on any atom is 0.326 e. The zero-order chi connectivity index (χ0) is 26.6. The molecule has 5 rings (SSSR count). The topological polar surface area (TPSA) is 131 Å². The first-order valence-electron chi connectivity index (χ1n) is 13.4. The fourth-order valence-electron chi connectivity index (χ4n) is 5.53. The Kier molecular flexibility index (Phi) is 8.15. The summed E-state index contributed by atoms with van der Waals surface area (Å²) in [7, 11) is 0. The lowest BCUT2D eigenvalue weighted by molar-refractivity contribution is -0.143. The number of ether oxygens (including phenoxy) is 1. The molecule has 1 amide bonds. The molecule has 3 N–H and O–H groups in total. The highest BCUT2D eigenvalue weighted by molar-refractivity contribution is 5.85. The van der Waals surface area contributed by atoms with E-state index in [0.29, 0.717) is 24.6 Å². The number of carboxylic acid groups (broad SMARTS) is 1. The molecule has 1 saturated carbocycles. The smallest absolute Gasteiger partial charge is 0.326 e. The Hall–Kier alpha value is -3.15. The highest BCUT2D eigenvalue weighted by Crippen LogP contribution is 2.34. The van der Waals surface area contributed by atoms with Crippen molar-refractivity contribution in [1.82, 2.24) is 25.1 Å². The summed E-state index contributed by atoms with van der Waals surface area (Å²) in [6.45, 7) is 1.21. The molecule has 2 aromatic heterocycles. The van der Waals surface area contributed by atoms with Gasteiger partial charge in [-0.2, -0.15) is 0 Å². The number of rotatable bonds is 11. The number of nitrogens with zero attached hydrogens (tertiary/aromatic N) is 4. The largest absolute Gasteiger partial charge is 0.480 e. The van der Waals surface area contributed by atoms with Crippen molar-refractivity contribution in [3.63, 3.8) is 0 Å². The maximum absolute atomic E-state index is 13.2. The van der Waals surface area contributed by atoms with E-state index < -0.39 is 36.1 Å². The molecular formula is C26H34F2N6O4. The number of hydrogen-bond acceptors (Lipinski definition) is 7. The molecular weight excluding hydrogens is 498 g/mol. The van der Waals surface area contributed by atoms with Crippen LogP contribution in [0.15, 0.2) is 12.1 Å². The molecule has 4 heterocycles. The Labute approximate surface area is 219 Å². The quantitative estimate of drug-likeness (QED) is 0.403. The zero-order valence-electron chi connectivity index (χ0n) is 21.2. The van der Waals surface area contributed by atoms with E-state index in [1.54, 1.807) is 0 Å². The highest BCUT2D eigenvalue weighted by Gasteiger charge is 2.33. The van der Waals surface area contributed by atoms with E-state index in [2.05, 4.69) is 33.0 Å². The Morgan fingerprint density at radius 1 is 1.24 bits per heavy atom. The number of aliphatic carboxylic acids is 1. The first kappa shape index (κ1) is 26.5. The molecule has 2 atom stereocenters. The third kappa shape index (κ3) is 6.11. The number of halogens is 2. The minimum atomic E-state index is -2.79. The van der Waals surface area contributed by atoms with E-state index >= 15 is 0 Å². The van der Waals surface area contributed by atoms with Gasteiger partial charge in [-0.3, -0.25) is 4.79 Å². The fraction of sp³-hybridized carbons (Fsp3) is 0.654. The van der Waals surface area contributed by atoms with Crippen molar-refractivity contribution in [3.05, 3.63) is 35.0 Å². The van der Waals surface area contributed by atoms with Gasteiger partial charge in [0.15, 0.2) is 5.82 Å². The van der Waals surface area contributed by atoms with E-state index in [1.807, 2.05) is 0 Å². The third-order valence-corrected chi connectivity index (χ3v) is 7.87. The summed E-state index contributed by atoms with van der Waals surface area (Å²) in [5.41, 5.74) is 2.39. The number of amides is 1. The van der Waals surface area contributed by atoms with Crippen molar-refractivity contribution < 1.29 is 28.2 Å². The number of aryl methyl sites for hydroxylation is 3. The van der Waals surface area contributed by atoms with Gasteiger partial charge in [0, 0.05) is 38.2 Å². The molecule has 1 aliphatic carbocycles. The summed E-state index contributed by atoms with van der Waals surface area (Å²) in [6.07, 6.45) is 4.25. The molecule has 0 aromatic carbocycles. The van der Waals surface area contributed by atoms with Crippen LogP contribution in [0, 0.1) is 11.8 Å². The molecule has 1 fully saturated rings. The van der Waals surface area contributed by atoms with Crippen molar-refractivity contribution in [2.24, 2.45) is 11.8 Å². The first-order chi connectivity index (χ1) is 18.4. The van der Waals surface area contributed by atoms with Crippen LogP contribution in [0.1, 0.15) is 67.9 Å². The van der Waals surface area contributed by atoms with E-state index in [-0.39, 0.29) is 25.7 Å². The minimum absolute atomic E-state index is 0.0115. The predicted octanol–water partition coefficient (Wildman–Crippen LogP) is 2.92. The summed E-state index contributed by atoms with van der Waals surface area (Å²) in [6, 6.07) is 3.20. The number of carbonyl (C=O) groups excluding carboxylic acids is 1. The average molecular weight is 533 g/mol. The van der Waals surface area contributed by atoms with Gasteiger partial charge in [0.1, 0.15) is 17.7 Å². The molecule has 12 heteroatoms. The van der Waals surface area contributed by atoms with Crippen LogP contribution in [0.3, 0.4) is 0 Å². The molecule has 0 unspecified atom stereocenters. The second-order valence-corrected chi connectivity index (χ2v) is 10.5. The molecule has 206 valence electrons. The predicted molar refractivity (Wildman–Crippen MR) is 133 cm³/mol. The first-order valence-corrected chi connectivity index (χ1v) is 13.4. The van der Waals surface area contributed by atoms with Gasteiger partial charge in [0.2, 0.25) is 5.91 Å². The number of fused-ring (bicyclic) bond motifs is 2. The van der Waals surface area contributed by atoms with Crippen LogP contribution < -0.4 is 10.6 Å². The second kappa shape index (κ2) is 11.7. The van der Waals surface area contributed by atoms with E-state index in [0.717, 1.165) is 56.6 Å². The standard InChI is InChI=1S/C26H34F2N6O4/c27-22(28)24-33-32-21-8-5-17(14-34(21)24)25(35)31-20(26(36)37)9-11-38-19-12-15(13-19)3-6-18-7-4-16-2-1-10-29-23(16)30-18/h4,7,15,17,19-20,22H,1-3,5-6,8-14H2,(H,29,30)(H,31,35)(H,36,37)/t15-,17-,19-,20-/m0/s1. The van der Waals surface area contributed by atoms with E-state index in [4.69, 9.17) is 9.72 Å². The van der Waals surface area contributed by atoms with Gasteiger partial charge in [0.05, 0.1) is 12.0 Å². The highest BCUT2D eigenvalue weighted by atomic mass is 19.3. The zero-order valence-corrected chi connectivity index (χ0v) is 21.2. The van der Waals surface area contributed by atoms with Crippen molar-refractivity contribution in [2.45, 2.75) is 82.9 Å². The number of anilines is 1. The molecule has 2 aromatic rings. The third-order valence-electron chi connectivity index (χ3n) is 7.87. The normalized spacial score (nSPS) is 23.1. The van der Waals surface area contributed by atoms with Gasteiger partial charge in [-0.1, -0.05) is 6.07 Å². The molecule has 0 bridgehead atoms. The van der Waals surface area contributed by atoms with Crippen LogP contribution in [0.2, 0.25) is 0 Å². The maximum atomic E-state index is 13.2. The van der Waals surface area contributed by atoms with Gasteiger partial charge in [0.25, 0.3) is 6.43 Å². The summed E-state index contributed by atoms with van der Waals surface area (Å²) >= 11 is 0. The Bertz CT molecular complexity index is 1150. The molecule has 2 aliphatic heterocycles. The summed E-state index contributed by atoms with van der Waals surface area (Å²) in [4.78, 5) is 29.2. The van der Waals surface area contributed by atoms with Crippen LogP contribution >= 0.6 is 0 Å². The number of carbonyl (C=O) groups is 2. The number of nitrogens with one attached hydrogen (secondary N) is 2. The molecule has 3 aliphatic rings. The Morgan fingerprint density at radius 3 is 2.87 bits per heavy atom. The van der Waals surface area contributed by atoms with Gasteiger partial charge >= 0.3 is 5.97 Å². The number of pyridine rings is 1. The van der Waals surface area contributed by atoms with E-state index in [1.165, 1.54) is 10.1 Å². The van der Waals surface area contributed by atoms with Gasteiger partial charge in [-0.15, -0.1) is 10.2 Å². The SMILES string of the molecule is O=C(N[C@@H](CCO[C@H]1C[C@H](CCc2ccc3c(n2)NCCC3)C1)C(=O)O)[C@H]1CCc2nnc(C(F)F)n2C1. The number of aromatic nitrogens is 4. The fourth-order valence-corrected chi connectivity index (χ4v) is 5.53. The molecule has 0 radical (unpaired) electrons. The summed E-state index contributed by atoms with van der Waals surface area (Å²) in [5.74, 6) is -0.688. The molecule has 38 heavy (non-hydrogen) atoms. The molecule has 0 spiro atoms. The number of hydrogen-bond donors (Lipinski definition) is 3. The monoisotopic (exact) mass is 532 g/mol. The van der Waals surface area contributed by atoms with Crippen molar-refractivity contribution >= 4 is 17.7 Å². The molecule has 0 saturated heterocycles.